The van der Waals surface area contributed by atoms with Crippen molar-refractivity contribution in [3.8, 4) is 11.5 Å². The van der Waals surface area contributed by atoms with Gasteiger partial charge >= 0.3 is 0 Å². The maximum Gasteiger partial charge on any atom is 0.122 e. The quantitative estimate of drug-likeness (QED) is 0.940. The maximum atomic E-state index is 6.35. The number of rotatable bonds is 3. The Kier molecular flexibility index (Phi) is 3.60. The van der Waals surface area contributed by atoms with E-state index in [0.717, 1.165) is 23.5 Å². The Bertz CT molecular complexity index is 666. The van der Waals surface area contributed by atoms with Crippen molar-refractivity contribution in [2.75, 3.05) is 7.11 Å². The molecule has 2 aromatic rings. The molecular weight excluding hydrogens is 262 g/mol. The van der Waals surface area contributed by atoms with Gasteiger partial charge < -0.3 is 15.2 Å². The molecule has 0 aliphatic heterocycles. The molecule has 0 heterocycles. The first-order valence-corrected chi connectivity index (χ1v) is 7.25. The van der Waals surface area contributed by atoms with Gasteiger partial charge in [-0.25, -0.2) is 0 Å². The fourth-order valence-electron chi connectivity index (χ4n) is 2.82. The highest BCUT2D eigenvalue weighted by molar-refractivity contribution is 5.43. The molecule has 0 amide bonds. The molecule has 3 rings (SSSR count). The van der Waals surface area contributed by atoms with Crippen molar-refractivity contribution in [1.82, 2.24) is 0 Å². The molecule has 2 atom stereocenters. The van der Waals surface area contributed by atoms with Gasteiger partial charge in [0.25, 0.3) is 0 Å². The van der Waals surface area contributed by atoms with Crippen LogP contribution in [-0.4, -0.2) is 13.2 Å². The van der Waals surface area contributed by atoms with E-state index in [-0.39, 0.29) is 12.1 Å². The van der Waals surface area contributed by atoms with E-state index in [1.807, 2.05) is 18.2 Å². The summed E-state index contributed by atoms with van der Waals surface area (Å²) in [7, 11) is 1.67. The molecule has 0 fully saturated rings. The molecule has 2 N–H and O–H groups in total. The van der Waals surface area contributed by atoms with Crippen molar-refractivity contribution in [2.45, 2.75) is 32.4 Å². The van der Waals surface area contributed by atoms with Gasteiger partial charge in [-0.3, -0.25) is 0 Å². The average Bonchev–Trinajstić information content (AvgIpc) is 2.79. The summed E-state index contributed by atoms with van der Waals surface area (Å²) in [6.07, 6.45) is 0.821. The Morgan fingerprint density at radius 1 is 1.00 bits per heavy atom. The summed E-state index contributed by atoms with van der Waals surface area (Å²) in [5, 5.41) is 0. The van der Waals surface area contributed by atoms with Gasteiger partial charge in [-0.05, 0) is 60.4 Å². The Hall–Kier alpha value is -2.00. The minimum Gasteiger partial charge on any atom is -0.497 e. The molecule has 1 aliphatic carbocycles. The van der Waals surface area contributed by atoms with Crippen LogP contribution >= 0.6 is 0 Å². The van der Waals surface area contributed by atoms with E-state index in [2.05, 4.69) is 32.0 Å². The lowest BCUT2D eigenvalue weighted by Gasteiger charge is -2.19. The van der Waals surface area contributed by atoms with E-state index in [9.17, 15) is 0 Å². The van der Waals surface area contributed by atoms with Crippen molar-refractivity contribution in [3.63, 3.8) is 0 Å². The fourth-order valence-corrected chi connectivity index (χ4v) is 2.82. The van der Waals surface area contributed by atoms with Crippen LogP contribution in [0.3, 0.4) is 0 Å². The molecule has 21 heavy (non-hydrogen) atoms. The molecule has 0 saturated carbocycles. The van der Waals surface area contributed by atoms with Gasteiger partial charge in [-0.1, -0.05) is 12.1 Å². The van der Waals surface area contributed by atoms with E-state index >= 15 is 0 Å². The summed E-state index contributed by atoms with van der Waals surface area (Å²) < 4.78 is 11.4. The molecule has 0 radical (unpaired) electrons. The van der Waals surface area contributed by atoms with E-state index in [4.69, 9.17) is 15.2 Å². The molecular formula is C18H21NO2. The highest BCUT2D eigenvalue weighted by Crippen LogP contribution is 2.35. The van der Waals surface area contributed by atoms with E-state index in [1.54, 1.807) is 7.11 Å². The third-order valence-electron chi connectivity index (χ3n) is 4.30. The van der Waals surface area contributed by atoms with Crippen LogP contribution in [0.4, 0.5) is 0 Å². The zero-order valence-corrected chi connectivity index (χ0v) is 12.7. The molecule has 0 spiro atoms. The van der Waals surface area contributed by atoms with Crippen LogP contribution in [0.1, 0.15) is 28.3 Å². The second-order valence-electron chi connectivity index (χ2n) is 5.70. The Labute approximate surface area is 125 Å². The number of ether oxygens (including phenoxy) is 2. The van der Waals surface area contributed by atoms with Gasteiger partial charge in [-0.2, -0.15) is 0 Å². The Balaban J connectivity index is 1.81. The van der Waals surface area contributed by atoms with Crippen molar-refractivity contribution in [2.24, 2.45) is 5.73 Å². The van der Waals surface area contributed by atoms with Gasteiger partial charge in [0.05, 0.1) is 13.2 Å². The average molecular weight is 283 g/mol. The normalized spacial score (nSPS) is 20.2. The van der Waals surface area contributed by atoms with E-state index in [1.165, 1.54) is 16.7 Å². The number of aryl methyl sites for hydroxylation is 2. The van der Waals surface area contributed by atoms with E-state index < -0.39 is 0 Å². The van der Waals surface area contributed by atoms with Gasteiger partial charge in [0, 0.05) is 6.42 Å². The summed E-state index contributed by atoms with van der Waals surface area (Å²) in [6, 6.07) is 12.1. The number of benzene rings is 2. The summed E-state index contributed by atoms with van der Waals surface area (Å²) in [6.45, 7) is 4.19. The fraction of sp³-hybridized carbons (Fsp3) is 0.333. The zero-order chi connectivity index (χ0) is 15.0. The number of methoxy groups -OCH3 is 1. The highest BCUT2D eigenvalue weighted by atomic mass is 16.5. The van der Waals surface area contributed by atoms with Crippen molar-refractivity contribution in [1.29, 1.82) is 0 Å². The van der Waals surface area contributed by atoms with Crippen LogP contribution < -0.4 is 15.2 Å². The summed E-state index contributed by atoms with van der Waals surface area (Å²) in [4.78, 5) is 0. The van der Waals surface area contributed by atoms with Crippen LogP contribution in [-0.2, 0) is 6.42 Å². The minimum absolute atomic E-state index is 0.0192. The lowest BCUT2D eigenvalue weighted by Crippen LogP contribution is -2.27. The van der Waals surface area contributed by atoms with Crippen molar-refractivity contribution in [3.05, 3.63) is 58.7 Å². The molecule has 0 saturated heterocycles. The third-order valence-corrected chi connectivity index (χ3v) is 4.30. The number of hydrogen-bond acceptors (Lipinski definition) is 3. The first-order valence-electron chi connectivity index (χ1n) is 7.25. The molecule has 2 unspecified atom stereocenters. The summed E-state index contributed by atoms with van der Waals surface area (Å²) in [5.41, 5.74) is 11.2. The Morgan fingerprint density at radius 3 is 2.48 bits per heavy atom. The SMILES string of the molecule is COc1ccc2c(c1)C(N)C(Oc1ccc(C)c(C)c1)C2. The van der Waals surface area contributed by atoms with Crippen LogP contribution in [0.2, 0.25) is 0 Å². The molecule has 3 heteroatoms. The first kappa shape index (κ1) is 14.0. The lowest BCUT2D eigenvalue weighted by atomic mass is 10.1. The van der Waals surface area contributed by atoms with Crippen LogP contribution in [0.5, 0.6) is 11.5 Å². The molecule has 0 aromatic heterocycles. The van der Waals surface area contributed by atoms with Gasteiger partial charge in [0.1, 0.15) is 17.6 Å². The standard InChI is InChI=1S/C18H21NO2/c1-11-4-6-15(8-12(11)2)21-17-9-13-5-7-14(20-3)10-16(13)18(17)19/h4-8,10,17-18H,9,19H2,1-3H3. The topological polar surface area (TPSA) is 44.5 Å². The van der Waals surface area contributed by atoms with E-state index in [0.29, 0.717) is 0 Å². The van der Waals surface area contributed by atoms with Gasteiger partial charge in [0.15, 0.2) is 0 Å². The molecule has 1 aliphatic rings. The second-order valence-corrected chi connectivity index (χ2v) is 5.70. The summed E-state index contributed by atoms with van der Waals surface area (Å²) >= 11 is 0. The molecule has 0 bridgehead atoms. The molecule has 110 valence electrons. The van der Waals surface area contributed by atoms with Gasteiger partial charge in [0.2, 0.25) is 0 Å². The van der Waals surface area contributed by atoms with Crippen molar-refractivity contribution < 1.29 is 9.47 Å². The van der Waals surface area contributed by atoms with Crippen LogP contribution in [0.25, 0.3) is 0 Å². The Morgan fingerprint density at radius 2 is 1.76 bits per heavy atom. The van der Waals surface area contributed by atoms with Crippen LogP contribution in [0.15, 0.2) is 36.4 Å². The first-order chi connectivity index (χ1) is 10.1. The smallest absolute Gasteiger partial charge is 0.122 e. The number of nitrogens with two attached hydrogens (primary N) is 1. The van der Waals surface area contributed by atoms with Crippen LogP contribution in [0, 0.1) is 13.8 Å². The third kappa shape index (κ3) is 2.61. The molecule has 2 aromatic carbocycles. The lowest BCUT2D eigenvalue weighted by molar-refractivity contribution is 0.185. The summed E-state index contributed by atoms with van der Waals surface area (Å²) in [5.74, 6) is 1.73. The predicted octanol–water partition coefficient (Wildman–Crippen LogP) is 3.32. The minimum atomic E-state index is -0.114. The maximum absolute atomic E-state index is 6.35. The van der Waals surface area contributed by atoms with Gasteiger partial charge in [-0.15, -0.1) is 0 Å². The predicted molar refractivity (Wildman–Crippen MR) is 84.0 cm³/mol. The number of fused-ring (bicyclic) bond motifs is 1. The monoisotopic (exact) mass is 283 g/mol. The molecule has 3 nitrogen and oxygen atoms in total. The largest absolute Gasteiger partial charge is 0.497 e. The highest BCUT2D eigenvalue weighted by Gasteiger charge is 2.31. The van der Waals surface area contributed by atoms with Crippen molar-refractivity contribution >= 4 is 0 Å². The second kappa shape index (κ2) is 5.41. The number of hydrogen-bond donors (Lipinski definition) is 1. The zero-order valence-electron chi connectivity index (χ0n) is 12.7.